The molecular formula is C23H17N3O5S. The van der Waals surface area contributed by atoms with Crippen molar-refractivity contribution in [1.82, 2.24) is 0 Å². The Morgan fingerprint density at radius 1 is 1.06 bits per heavy atom. The predicted octanol–water partition coefficient (Wildman–Crippen LogP) is 4.72. The summed E-state index contributed by atoms with van der Waals surface area (Å²) >= 11 is 1.24. The molecule has 0 bridgehead atoms. The maximum absolute atomic E-state index is 12.6. The van der Waals surface area contributed by atoms with Crippen LogP contribution in [0, 0.1) is 28.4 Å². The number of ether oxygens (including phenoxy) is 1. The number of amides is 1. The molecule has 0 radical (unpaired) electrons. The third-order valence-corrected chi connectivity index (χ3v) is 5.53. The van der Waals surface area contributed by atoms with Crippen LogP contribution in [-0.4, -0.2) is 23.4 Å². The molecule has 1 N–H and O–H groups in total. The van der Waals surface area contributed by atoms with Gasteiger partial charge in [-0.1, -0.05) is 48.2 Å². The van der Waals surface area contributed by atoms with Crippen LogP contribution in [0.4, 0.5) is 11.4 Å². The van der Waals surface area contributed by atoms with Gasteiger partial charge >= 0.3 is 5.97 Å². The van der Waals surface area contributed by atoms with E-state index in [0.717, 1.165) is 0 Å². The third kappa shape index (κ3) is 5.30. The van der Waals surface area contributed by atoms with Gasteiger partial charge in [0.05, 0.1) is 16.1 Å². The van der Waals surface area contributed by atoms with Gasteiger partial charge in [-0.05, 0) is 36.8 Å². The Morgan fingerprint density at radius 2 is 1.75 bits per heavy atom. The molecule has 0 fully saturated rings. The van der Waals surface area contributed by atoms with Gasteiger partial charge in [-0.15, -0.1) is 0 Å². The Hall–Kier alpha value is -4.16. The van der Waals surface area contributed by atoms with Gasteiger partial charge in [-0.25, -0.2) is 4.79 Å². The molecule has 3 rings (SSSR count). The number of aryl methyl sites for hydroxylation is 1. The van der Waals surface area contributed by atoms with Crippen molar-refractivity contribution in [2.45, 2.75) is 16.7 Å². The first-order chi connectivity index (χ1) is 15.4. The van der Waals surface area contributed by atoms with Gasteiger partial charge in [-0.3, -0.25) is 14.9 Å². The van der Waals surface area contributed by atoms with E-state index in [0.29, 0.717) is 20.9 Å². The molecule has 0 saturated carbocycles. The van der Waals surface area contributed by atoms with Crippen molar-refractivity contribution in [3.05, 3.63) is 93.5 Å². The molecule has 0 aliphatic rings. The summed E-state index contributed by atoms with van der Waals surface area (Å²) in [6.45, 7) is 1.01. The number of rotatable bonds is 7. The molecular weight excluding hydrogens is 430 g/mol. The summed E-state index contributed by atoms with van der Waals surface area (Å²) in [6.07, 6.45) is 0. The highest BCUT2D eigenvalue weighted by Crippen LogP contribution is 2.33. The lowest BCUT2D eigenvalue weighted by Gasteiger charge is -2.11. The molecule has 3 aromatic carbocycles. The second-order valence-electron chi connectivity index (χ2n) is 6.56. The second kappa shape index (κ2) is 10.2. The van der Waals surface area contributed by atoms with Gasteiger partial charge in [0.1, 0.15) is 11.8 Å². The standard InChI is InChI=1S/C23H17N3O5S/c1-15-7-6-10-18(26(29)30)22(15)25-21(27)14-31-23(28)17-9-3-5-12-20(17)32-19-11-4-2-8-16(19)13-24/h2-12H,14H2,1H3,(H,25,27). The zero-order chi connectivity index (χ0) is 23.1. The number of nitrogens with one attached hydrogen (secondary N) is 1. The zero-order valence-corrected chi connectivity index (χ0v) is 17.7. The smallest absolute Gasteiger partial charge is 0.339 e. The van der Waals surface area contributed by atoms with Crippen LogP contribution in [-0.2, 0) is 9.53 Å². The molecule has 160 valence electrons. The summed E-state index contributed by atoms with van der Waals surface area (Å²) in [5, 5.41) is 22.9. The molecule has 3 aromatic rings. The highest BCUT2D eigenvalue weighted by molar-refractivity contribution is 7.99. The number of anilines is 1. The lowest BCUT2D eigenvalue weighted by molar-refractivity contribution is -0.384. The number of nitro groups is 1. The van der Waals surface area contributed by atoms with E-state index in [1.54, 1.807) is 61.5 Å². The molecule has 0 atom stereocenters. The van der Waals surface area contributed by atoms with Crippen LogP contribution in [0.1, 0.15) is 21.5 Å². The Balaban J connectivity index is 1.71. The number of carbonyl (C=O) groups excluding carboxylic acids is 2. The highest BCUT2D eigenvalue weighted by atomic mass is 32.2. The minimum atomic E-state index is -0.725. The Labute approximate surface area is 188 Å². The number of nitro benzene ring substituents is 1. The Kier molecular flexibility index (Phi) is 7.21. The van der Waals surface area contributed by atoms with Gasteiger partial charge in [0.25, 0.3) is 11.6 Å². The number of nitriles is 1. The van der Waals surface area contributed by atoms with Crippen molar-refractivity contribution in [2.24, 2.45) is 0 Å². The van der Waals surface area contributed by atoms with E-state index in [4.69, 9.17) is 4.74 Å². The van der Waals surface area contributed by atoms with Gasteiger partial charge < -0.3 is 10.1 Å². The van der Waals surface area contributed by atoms with Crippen LogP contribution in [0.25, 0.3) is 0 Å². The minimum absolute atomic E-state index is 0.0580. The Bertz CT molecular complexity index is 1240. The topological polar surface area (TPSA) is 122 Å². The monoisotopic (exact) mass is 447 g/mol. The van der Waals surface area contributed by atoms with Crippen LogP contribution in [0.3, 0.4) is 0 Å². The molecule has 8 nitrogen and oxygen atoms in total. The van der Waals surface area contributed by atoms with Crippen molar-refractivity contribution >= 4 is 35.0 Å². The molecule has 0 spiro atoms. The van der Waals surface area contributed by atoms with E-state index in [1.807, 2.05) is 0 Å². The number of esters is 1. The van der Waals surface area contributed by atoms with Crippen LogP contribution < -0.4 is 5.32 Å². The van der Waals surface area contributed by atoms with Gasteiger partial charge in [0.15, 0.2) is 6.61 Å². The number of nitrogens with zero attached hydrogens (tertiary/aromatic N) is 2. The van der Waals surface area contributed by atoms with Gasteiger partial charge in [0.2, 0.25) is 0 Å². The van der Waals surface area contributed by atoms with Gasteiger partial charge in [0, 0.05) is 15.9 Å². The lowest BCUT2D eigenvalue weighted by atomic mass is 10.1. The van der Waals surface area contributed by atoms with E-state index in [-0.39, 0.29) is 16.9 Å². The van der Waals surface area contributed by atoms with Crippen LogP contribution in [0.2, 0.25) is 0 Å². The number of hydrogen-bond donors (Lipinski definition) is 1. The maximum atomic E-state index is 12.6. The van der Waals surface area contributed by atoms with Crippen molar-refractivity contribution in [3.8, 4) is 6.07 Å². The van der Waals surface area contributed by atoms with E-state index in [2.05, 4.69) is 11.4 Å². The van der Waals surface area contributed by atoms with E-state index in [9.17, 15) is 25.0 Å². The SMILES string of the molecule is Cc1cccc([N+](=O)[O-])c1NC(=O)COC(=O)c1ccccc1Sc1ccccc1C#N. The summed E-state index contributed by atoms with van der Waals surface area (Å²) in [6, 6.07) is 20.2. The molecule has 0 saturated heterocycles. The summed E-state index contributed by atoms with van der Waals surface area (Å²) in [5.74, 6) is -1.42. The molecule has 0 aromatic heterocycles. The molecule has 1 amide bonds. The first-order valence-electron chi connectivity index (χ1n) is 9.37. The third-order valence-electron chi connectivity index (χ3n) is 4.38. The van der Waals surface area contributed by atoms with Crippen molar-refractivity contribution in [1.29, 1.82) is 5.26 Å². The average Bonchev–Trinajstić information content (AvgIpc) is 2.79. The molecule has 0 aliphatic heterocycles. The van der Waals surface area contributed by atoms with Crippen LogP contribution in [0.5, 0.6) is 0 Å². The largest absolute Gasteiger partial charge is 0.452 e. The molecule has 0 aliphatic carbocycles. The zero-order valence-electron chi connectivity index (χ0n) is 16.9. The number of para-hydroxylation sites is 1. The first-order valence-corrected chi connectivity index (χ1v) is 10.2. The summed E-state index contributed by atoms with van der Waals surface area (Å²) in [5.41, 5.74) is 1.03. The normalized spacial score (nSPS) is 10.1. The van der Waals surface area contributed by atoms with Crippen molar-refractivity contribution < 1.29 is 19.2 Å². The quantitative estimate of drug-likeness (QED) is 0.316. The fraction of sp³-hybridized carbons (Fsp3) is 0.0870. The second-order valence-corrected chi connectivity index (χ2v) is 7.64. The van der Waals surface area contributed by atoms with Crippen molar-refractivity contribution in [2.75, 3.05) is 11.9 Å². The molecule has 0 heterocycles. The first kappa shape index (κ1) is 22.5. The van der Waals surface area contributed by atoms with Crippen molar-refractivity contribution in [3.63, 3.8) is 0 Å². The number of benzene rings is 3. The van der Waals surface area contributed by atoms with Gasteiger partial charge in [-0.2, -0.15) is 5.26 Å². The minimum Gasteiger partial charge on any atom is -0.452 e. The van der Waals surface area contributed by atoms with Crippen LogP contribution in [0.15, 0.2) is 76.5 Å². The van der Waals surface area contributed by atoms with E-state index < -0.39 is 23.4 Å². The maximum Gasteiger partial charge on any atom is 0.339 e. The molecule has 32 heavy (non-hydrogen) atoms. The fourth-order valence-corrected chi connectivity index (χ4v) is 3.86. The lowest BCUT2D eigenvalue weighted by Crippen LogP contribution is -2.22. The summed E-state index contributed by atoms with van der Waals surface area (Å²) in [4.78, 5) is 36.7. The summed E-state index contributed by atoms with van der Waals surface area (Å²) < 4.78 is 5.14. The molecule has 9 heteroatoms. The molecule has 0 unspecified atom stereocenters. The number of hydrogen-bond acceptors (Lipinski definition) is 7. The van der Waals surface area contributed by atoms with E-state index >= 15 is 0 Å². The predicted molar refractivity (Wildman–Crippen MR) is 118 cm³/mol. The fourth-order valence-electron chi connectivity index (χ4n) is 2.84. The highest BCUT2D eigenvalue weighted by Gasteiger charge is 2.20. The average molecular weight is 447 g/mol. The van der Waals surface area contributed by atoms with Crippen LogP contribution >= 0.6 is 11.8 Å². The number of carbonyl (C=O) groups is 2. The Morgan fingerprint density at radius 3 is 2.47 bits per heavy atom. The summed E-state index contributed by atoms with van der Waals surface area (Å²) in [7, 11) is 0. The van der Waals surface area contributed by atoms with E-state index in [1.165, 1.54) is 23.9 Å².